The van der Waals surface area contributed by atoms with Gasteiger partial charge in [-0.3, -0.25) is 4.79 Å². The Kier molecular flexibility index (Phi) is 2.66. The SMILES string of the molecule is Cn1c2c(cc(C(C)(C)O)c1=O)CCCC2. The van der Waals surface area contributed by atoms with E-state index in [0.29, 0.717) is 5.56 Å². The topological polar surface area (TPSA) is 42.2 Å². The van der Waals surface area contributed by atoms with Crippen molar-refractivity contribution in [2.75, 3.05) is 0 Å². The average molecular weight is 221 g/mol. The van der Waals surface area contributed by atoms with Crippen molar-refractivity contribution in [2.24, 2.45) is 7.05 Å². The number of pyridine rings is 1. The Balaban J connectivity index is 2.67. The molecule has 0 saturated carbocycles. The molecule has 0 bridgehead atoms. The lowest BCUT2D eigenvalue weighted by atomic mass is 9.91. The molecule has 16 heavy (non-hydrogen) atoms. The van der Waals surface area contributed by atoms with Crippen LogP contribution in [-0.2, 0) is 25.5 Å². The van der Waals surface area contributed by atoms with Crippen molar-refractivity contribution < 1.29 is 5.11 Å². The monoisotopic (exact) mass is 221 g/mol. The van der Waals surface area contributed by atoms with Crippen molar-refractivity contribution >= 4 is 0 Å². The fourth-order valence-corrected chi connectivity index (χ4v) is 2.43. The second kappa shape index (κ2) is 3.74. The van der Waals surface area contributed by atoms with Gasteiger partial charge in [0.2, 0.25) is 0 Å². The second-order valence-corrected chi connectivity index (χ2v) is 5.16. The number of fused-ring (bicyclic) bond motifs is 1. The minimum atomic E-state index is -1.05. The summed E-state index contributed by atoms with van der Waals surface area (Å²) in [5.74, 6) is 0. The van der Waals surface area contributed by atoms with Gasteiger partial charge in [0, 0.05) is 18.3 Å². The van der Waals surface area contributed by atoms with Crippen molar-refractivity contribution in [2.45, 2.75) is 45.1 Å². The van der Waals surface area contributed by atoms with Crippen LogP contribution in [0.15, 0.2) is 10.9 Å². The van der Waals surface area contributed by atoms with Crippen LogP contribution >= 0.6 is 0 Å². The highest BCUT2D eigenvalue weighted by Crippen LogP contribution is 2.24. The van der Waals surface area contributed by atoms with Crippen molar-refractivity contribution in [3.8, 4) is 0 Å². The van der Waals surface area contributed by atoms with E-state index in [1.165, 1.54) is 12.0 Å². The van der Waals surface area contributed by atoms with Crippen molar-refractivity contribution in [3.63, 3.8) is 0 Å². The first-order valence-electron chi connectivity index (χ1n) is 5.86. The minimum Gasteiger partial charge on any atom is -0.386 e. The summed E-state index contributed by atoms with van der Waals surface area (Å²) in [5, 5.41) is 9.98. The smallest absolute Gasteiger partial charge is 0.256 e. The van der Waals surface area contributed by atoms with Gasteiger partial charge in [0.25, 0.3) is 5.56 Å². The van der Waals surface area contributed by atoms with Gasteiger partial charge >= 0.3 is 0 Å². The Morgan fingerprint density at radius 1 is 1.31 bits per heavy atom. The highest BCUT2D eigenvalue weighted by Gasteiger charge is 2.24. The van der Waals surface area contributed by atoms with Crippen LogP contribution in [0.1, 0.15) is 43.5 Å². The van der Waals surface area contributed by atoms with Crippen LogP contribution in [0.3, 0.4) is 0 Å². The Labute approximate surface area is 95.7 Å². The maximum absolute atomic E-state index is 12.1. The molecule has 3 nitrogen and oxygen atoms in total. The number of aryl methyl sites for hydroxylation is 1. The van der Waals surface area contributed by atoms with Gasteiger partial charge in [0.1, 0.15) is 0 Å². The van der Waals surface area contributed by atoms with Gasteiger partial charge in [0.15, 0.2) is 0 Å². The quantitative estimate of drug-likeness (QED) is 0.780. The maximum Gasteiger partial charge on any atom is 0.256 e. The molecule has 0 unspecified atom stereocenters. The van der Waals surface area contributed by atoms with E-state index in [4.69, 9.17) is 0 Å². The van der Waals surface area contributed by atoms with Crippen LogP contribution in [0, 0.1) is 0 Å². The summed E-state index contributed by atoms with van der Waals surface area (Å²) in [5.41, 5.74) is 1.76. The number of rotatable bonds is 1. The molecule has 0 fully saturated rings. The Morgan fingerprint density at radius 2 is 1.94 bits per heavy atom. The molecule has 88 valence electrons. The van der Waals surface area contributed by atoms with E-state index < -0.39 is 5.60 Å². The summed E-state index contributed by atoms with van der Waals surface area (Å²) < 4.78 is 1.71. The lowest BCUT2D eigenvalue weighted by Crippen LogP contribution is -2.33. The molecule has 0 atom stereocenters. The fourth-order valence-electron chi connectivity index (χ4n) is 2.43. The van der Waals surface area contributed by atoms with E-state index in [-0.39, 0.29) is 5.56 Å². The largest absolute Gasteiger partial charge is 0.386 e. The summed E-state index contributed by atoms with van der Waals surface area (Å²) in [6, 6.07) is 1.90. The summed E-state index contributed by atoms with van der Waals surface area (Å²) in [6.45, 7) is 3.33. The predicted molar refractivity (Wildman–Crippen MR) is 63.6 cm³/mol. The molecule has 0 aliphatic heterocycles. The van der Waals surface area contributed by atoms with Gasteiger partial charge in [0.05, 0.1) is 5.60 Å². The van der Waals surface area contributed by atoms with Gasteiger partial charge in [-0.05, 0) is 51.2 Å². The van der Waals surface area contributed by atoms with Crippen molar-refractivity contribution in [3.05, 3.63) is 33.2 Å². The highest BCUT2D eigenvalue weighted by molar-refractivity contribution is 5.31. The Morgan fingerprint density at radius 3 is 2.56 bits per heavy atom. The van der Waals surface area contributed by atoms with E-state index in [9.17, 15) is 9.90 Å². The highest BCUT2D eigenvalue weighted by atomic mass is 16.3. The Hall–Kier alpha value is -1.09. The van der Waals surface area contributed by atoms with E-state index in [2.05, 4.69) is 0 Å². The van der Waals surface area contributed by atoms with E-state index in [1.807, 2.05) is 13.1 Å². The summed E-state index contributed by atoms with van der Waals surface area (Å²) in [7, 11) is 1.81. The molecule has 0 saturated heterocycles. The standard InChI is InChI=1S/C13H19NO2/c1-13(2,16)10-8-9-6-4-5-7-11(9)14(3)12(10)15/h8,16H,4-7H2,1-3H3. The molecule has 0 spiro atoms. The molecule has 0 amide bonds. The molecule has 1 N–H and O–H groups in total. The van der Waals surface area contributed by atoms with E-state index >= 15 is 0 Å². The lowest BCUT2D eigenvalue weighted by molar-refractivity contribution is 0.0764. The molecule has 0 aromatic carbocycles. The summed E-state index contributed by atoms with van der Waals surface area (Å²) in [4.78, 5) is 12.1. The van der Waals surface area contributed by atoms with Crippen LogP contribution in [0.25, 0.3) is 0 Å². The number of aromatic nitrogens is 1. The minimum absolute atomic E-state index is 0.0619. The molecule has 3 heteroatoms. The van der Waals surface area contributed by atoms with Gasteiger partial charge in [-0.1, -0.05) is 0 Å². The maximum atomic E-state index is 12.1. The van der Waals surface area contributed by atoms with Crippen LogP contribution in [0.2, 0.25) is 0 Å². The van der Waals surface area contributed by atoms with Crippen LogP contribution in [-0.4, -0.2) is 9.67 Å². The molecule has 2 rings (SSSR count). The second-order valence-electron chi connectivity index (χ2n) is 5.16. The van der Waals surface area contributed by atoms with E-state index in [0.717, 1.165) is 25.0 Å². The van der Waals surface area contributed by atoms with Gasteiger partial charge in [-0.25, -0.2) is 0 Å². The molecule has 0 radical (unpaired) electrons. The average Bonchev–Trinajstić information content (AvgIpc) is 2.22. The van der Waals surface area contributed by atoms with Gasteiger partial charge < -0.3 is 9.67 Å². The predicted octanol–water partition coefficient (Wildman–Crippen LogP) is 1.49. The summed E-state index contributed by atoms with van der Waals surface area (Å²) in [6.07, 6.45) is 4.33. The molecule has 1 heterocycles. The first kappa shape index (κ1) is 11.4. The van der Waals surface area contributed by atoms with Gasteiger partial charge in [-0.2, -0.15) is 0 Å². The number of aliphatic hydroxyl groups is 1. The van der Waals surface area contributed by atoms with E-state index in [1.54, 1.807) is 18.4 Å². The first-order valence-corrected chi connectivity index (χ1v) is 5.86. The molecular weight excluding hydrogens is 202 g/mol. The third-order valence-electron chi connectivity index (χ3n) is 3.40. The zero-order chi connectivity index (χ0) is 11.9. The zero-order valence-electron chi connectivity index (χ0n) is 10.2. The fraction of sp³-hybridized carbons (Fsp3) is 0.615. The normalized spacial score (nSPS) is 16.0. The molecule has 1 aliphatic carbocycles. The third kappa shape index (κ3) is 1.80. The first-order chi connectivity index (χ1) is 7.41. The molecule has 1 aliphatic rings. The van der Waals surface area contributed by atoms with Crippen LogP contribution < -0.4 is 5.56 Å². The van der Waals surface area contributed by atoms with Crippen molar-refractivity contribution in [1.29, 1.82) is 0 Å². The molecule has 1 aromatic rings. The number of hydrogen-bond donors (Lipinski definition) is 1. The van der Waals surface area contributed by atoms with Crippen LogP contribution in [0.4, 0.5) is 0 Å². The molecular formula is C13H19NO2. The summed E-state index contributed by atoms with van der Waals surface area (Å²) >= 11 is 0. The lowest BCUT2D eigenvalue weighted by Gasteiger charge is -2.24. The molecule has 1 aromatic heterocycles. The van der Waals surface area contributed by atoms with Crippen molar-refractivity contribution in [1.82, 2.24) is 4.57 Å². The van der Waals surface area contributed by atoms with Gasteiger partial charge in [-0.15, -0.1) is 0 Å². The number of nitrogens with zero attached hydrogens (tertiary/aromatic N) is 1. The third-order valence-corrected chi connectivity index (χ3v) is 3.40. The Bertz CT molecular complexity index is 466. The number of hydrogen-bond acceptors (Lipinski definition) is 2. The van der Waals surface area contributed by atoms with Crippen LogP contribution in [0.5, 0.6) is 0 Å². The zero-order valence-corrected chi connectivity index (χ0v) is 10.2.